The number of nitrogens with one attached hydrogen (secondary N) is 2. The number of nitrogens with two attached hydrogens (primary N) is 1. The highest BCUT2D eigenvalue weighted by Gasteiger charge is 2.14. The highest BCUT2D eigenvalue weighted by Crippen LogP contribution is 2.13. The lowest BCUT2D eigenvalue weighted by Crippen LogP contribution is -2.35. The van der Waals surface area contributed by atoms with Gasteiger partial charge in [-0.3, -0.25) is 14.4 Å². The number of hydrogen-bond donors (Lipinski definition) is 4. The zero-order valence-corrected chi connectivity index (χ0v) is 13.0. The van der Waals surface area contributed by atoms with Crippen molar-refractivity contribution in [2.24, 2.45) is 5.73 Å². The van der Waals surface area contributed by atoms with Gasteiger partial charge in [-0.1, -0.05) is 24.6 Å². The van der Waals surface area contributed by atoms with E-state index < -0.39 is 17.9 Å². The summed E-state index contributed by atoms with van der Waals surface area (Å²) in [4.78, 5) is 34.0. The van der Waals surface area contributed by atoms with Gasteiger partial charge in [-0.15, -0.1) is 6.42 Å². The van der Waals surface area contributed by atoms with Gasteiger partial charge in [-0.25, -0.2) is 0 Å². The number of carbonyl (C=O) groups excluding carboxylic acids is 2. The van der Waals surface area contributed by atoms with Crippen molar-refractivity contribution >= 4 is 29.2 Å². The molecule has 1 rings (SSSR count). The molecule has 0 unspecified atom stereocenters. The van der Waals surface area contributed by atoms with E-state index in [4.69, 9.17) is 17.3 Å². The van der Waals surface area contributed by atoms with Crippen molar-refractivity contribution < 1.29 is 19.5 Å². The fourth-order valence-corrected chi connectivity index (χ4v) is 1.81. The van der Waals surface area contributed by atoms with E-state index in [-0.39, 0.29) is 25.2 Å². The Morgan fingerprint density at radius 3 is 2.29 bits per heavy atom. The summed E-state index contributed by atoms with van der Waals surface area (Å²) in [5.41, 5.74) is 7.30. The van der Waals surface area contributed by atoms with Crippen molar-refractivity contribution in [2.45, 2.75) is 25.3 Å². The Kier molecular flexibility index (Phi) is 7.04. The van der Waals surface area contributed by atoms with Crippen LogP contribution < -0.4 is 16.4 Å². The largest absolute Gasteiger partial charge is 0.481 e. The molecule has 0 aliphatic carbocycles. The average molecular weight is 329 g/mol. The number of terminal acetylenes is 1. The van der Waals surface area contributed by atoms with Crippen molar-refractivity contribution in [3.8, 4) is 12.3 Å². The molecule has 0 aromatic heterocycles. The van der Waals surface area contributed by atoms with Crippen LogP contribution in [0.25, 0.3) is 5.70 Å². The fraction of sp³-hybridized carbons (Fsp3) is 0.235. The molecular formula is C17H19N3O4. The number of carbonyl (C=O) groups is 3. The molecule has 0 spiro atoms. The van der Waals surface area contributed by atoms with Gasteiger partial charge < -0.3 is 21.5 Å². The predicted molar refractivity (Wildman–Crippen MR) is 90.5 cm³/mol. The van der Waals surface area contributed by atoms with E-state index in [2.05, 4.69) is 23.1 Å². The van der Waals surface area contributed by atoms with E-state index >= 15 is 0 Å². The molecule has 0 bridgehead atoms. The maximum absolute atomic E-state index is 11.8. The number of aliphatic carboxylic acids is 1. The van der Waals surface area contributed by atoms with E-state index in [1.165, 1.54) is 0 Å². The van der Waals surface area contributed by atoms with E-state index in [0.29, 0.717) is 11.4 Å². The fourth-order valence-electron chi connectivity index (χ4n) is 1.81. The molecule has 0 radical (unpaired) electrons. The first-order valence-corrected chi connectivity index (χ1v) is 7.13. The number of carboxylic acids is 1. The minimum atomic E-state index is -1.11. The molecule has 7 heteroatoms. The highest BCUT2D eigenvalue weighted by molar-refractivity contribution is 5.93. The summed E-state index contributed by atoms with van der Waals surface area (Å²) in [6, 6.07) is 5.89. The smallest absolute Gasteiger partial charge is 0.306 e. The molecule has 2 amide bonds. The van der Waals surface area contributed by atoms with Crippen LogP contribution in [0.15, 0.2) is 30.8 Å². The van der Waals surface area contributed by atoms with E-state index in [1.54, 1.807) is 24.3 Å². The minimum absolute atomic E-state index is 0.0540. The molecule has 0 fully saturated rings. The summed E-state index contributed by atoms with van der Waals surface area (Å²) in [7, 11) is 0. The van der Waals surface area contributed by atoms with Crippen molar-refractivity contribution in [2.75, 3.05) is 5.32 Å². The number of amides is 2. The Labute approximate surface area is 139 Å². The first-order chi connectivity index (χ1) is 11.3. The number of rotatable bonds is 8. The molecule has 1 aromatic carbocycles. The second-order valence-electron chi connectivity index (χ2n) is 5.04. The van der Waals surface area contributed by atoms with Crippen LogP contribution in [0.2, 0.25) is 0 Å². The molecule has 24 heavy (non-hydrogen) atoms. The normalized spacial score (nSPS) is 11.0. The van der Waals surface area contributed by atoms with Gasteiger partial charge >= 0.3 is 5.97 Å². The van der Waals surface area contributed by atoms with Gasteiger partial charge in [0.15, 0.2) is 0 Å². The van der Waals surface area contributed by atoms with Crippen molar-refractivity contribution in [3.05, 3.63) is 36.4 Å². The van der Waals surface area contributed by atoms with E-state index in [9.17, 15) is 14.4 Å². The molecule has 0 heterocycles. The van der Waals surface area contributed by atoms with Gasteiger partial charge in [-0.05, 0) is 17.7 Å². The van der Waals surface area contributed by atoms with Crippen LogP contribution in [0.1, 0.15) is 24.8 Å². The van der Waals surface area contributed by atoms with Crippen molar-refractivity contribution in [1.29, 1.82) is 0 Å². The Balaban J connectivity index is 2.42. The highest BCUT2D eigenvalue weighted by atomic mass is 16.4. The van der Waals surface area contributed by atoms with Gasteiger partial charge in [0.2, 0.25) is 11.8 Å². The summed E-state index contributed by atoms with van der Waals surface area (Å²) in [5.74, 6) is 0.234. The monoisotopic (exact) mass is 329 g/mol. The summed E-state index contributed by atoms with van der Waals surface area (Å²) < 4.78 is 0. The molecule has 7 nitrogen and oxygen atoms in total. The molecule has 1 atom stereocenters. The van der Waals surface area contributed by atoms with Crippen LogP contribution >= 0.6 is 0 Å². The summed E-state index contributed by atoms with van der Waals surface area (Å²) in [6.07, 6.45) is 4.62. The van der Waals surface area contributed by atoms with Crippen LogP contribution in [-0.2, 0) is 14.4 Å². The standard InChI is InChI=1S/C17H19N3O4/c1-3-13(10-17(23)24)19-15(21)8-9-16(22)20-14-6-4-12(5-7-14)11(2)18/h1,4-7,13H,2,8-10,18H2,(H,19,21)(H,20,22)(H,23,24)/t13-/m1/s1. The van der Waals surface area contributed by atoms with Crippen LogP contribution in [0.5, 0.6) is 0 Å². The number of benzene rings is 1. The first kappa shape index (κ1) is 18.8. The number of hydrogen-bond acceptors (Lipinski definition) is 4. The quantitative estimate of drug-likeness (QED) is 0.529. The van der Waals surface area contributed by atoms with Crippen LogP contribution in [0.3, 0.4) is 0 Å². The molecule has 0 aliphatic heterocycles. The minimum Gasteiger partial charge on any atom is -0.481 e. The average Bonchev–Trinajstić information content (AvgIpc) is 2.52. The lowest BCUT2D eigenvalue weighted by atomic mass is 10.1. The van der Waals surface area contributed by atoms with Crippen molar-refractivity contribution in [1.82, 2.24) is 5.32 Å². The van der Waals surface area contributed by atoms with E-state index in [0.717, 1.165) is 5.56 Å². The SMILES string of the molecule is C#C[C@H](CC(=O)O)NC(=O)CCC(=O)Nc1ccc(C(=C)N)cc1. The third-order valence-electron chi connectivity index (χ3n) is 3.03. The van der Waals surface area contributed by atoms with E-state index in [1.807, 2.05) is 0 Å². The first-order valence-electron chi connectivity index (χ1n) is 7.13. The Hall–Kier alpha value is -3.27. The number of anilines is 1. The lowest BCUT2D eigenvalue weighted by Gasteiger charge is -2.11. The van der Waals surface area contributed by atoms with Crippen molar-refractivity contribution in [3.63, 3.8) is 0 Å². The summed E-state index contributed by atoms with van der Waals surface area (Å²) in [6.45, 7) is 3.61. The van der Waals surface area contributed by atoms with Gasteiger partial charge in [0.25, 0.3) is 0 Å². The van der Waals surface area contributed by atoms with Gasteiger partial charge in [0.1, 0.15) is 6.04 Å². The Morgan fingerprint density at radius 2 is 1.79 bits per heavy atom. The molecular weight excluding hydrogens is 310 g/mol. The summed E-state index contributed by atoms with van der Waals surface area (Å²) in [5, 5.41) is 13.7. The Morgan fingerprint density at radius 1 is 1.21 bits per heavy atom. The second-order valence-corrected chi connectivity index (χ2v) is 5.04. The summed E-state index contributed by atoms with van der Waals surface area (Å²) >= 11 is 0. The van der Waals surface area contributed by atoms with Crippen LogP contribution in [-0.4, -0.2) is 28.9 Å². The maximum atomic E-state index is 11.8. The number of carboxylic acid groups (broad SMARTS) is 1. The third kappa shape index (κ3) is 6.66. The molecule has 0 saturated carbocycles. The third-order valence-corrected chi connectivity index (χ3v) is 3.03. The Bertz CT molecular complexity index is 674. The zero-order valence-electron chi connectivity index (χ0n) is 13.0. The predicted octanol–water partition coefficient (Wildman–Crippen LogP) is 0.927. The van der Waals surface area contributed by atoms with Gasteiger partial charge in [0.05, 0.1) is 6.42 Å². The molecule has 5 N–H and O–H groups in total. The second kappa shape index (κ2) is 9.00. The lowest BCUT2D eigenvalue weighted by molar-refractivity contribution is -0.137. The zero-order chi connectivity index (χ0) is 18.1. The topological polar surface area (TPSA) is 122 Å². The molecule has 0 aliphatic rings. The van der Waals surface area contributed by atoms with Crippen LogP contribution in [0, 0.1) is 12.3 Å². The van der Waals surface area contributed by atoms with Crippen LogP contribution in [0.4, 0.5) is 5.69 Å². The molecule has 0 saturated heterocycles. The molecule has 126 valence electrons. The van der Waals surface area contributed by atoms with Gasteiger partial charge in [0, 0.05) is 24.2 Å². The van der Waals surface area contributed by atoms with Gasteiger partial charge in [-0.2, -0.15) is 0 Å². The molecule has 1 aromatic rings. The maximum Gasteiger partial charge on any atom is 0.306 e.